The molecule has 0 saturated heterocycles. The third-order valence-corrected chi connectivity index (χ3v) is 2.94. The SMILES string of the molecule is CCNC(C)c1ccccc1Oc1ccc(F)cc1. The maximum absolute atomic E-state index is 12.9. The van der Waals surface area contributed by atoms with Crippen LogP contribution in [0.15, 0.2) is 48.5 Å². The first kappa shape index (κ1) is 13.6. The second-order valence-corrected chi connectivity index (χ2v) is 4.37. The van der Waals surface area contributed by atoms with Crippen LogP contribution < -0.4 is 10.1 Å². The Morgan fingerprint density at radius 3 is 2.47 bits per heavy atom. The van der Waals surface area contributed by atoms with Crippen molar-refractivity contribution >= 4 is 0 Å². The van der Waals surface area contributed by atoms with Crippen LogP contribution in [0.1, 0.15) is 25.5 Å². The summed E-state index contributed by atoms with van der Waals surface area (Å²) in [6, 6.07) is 14.1. The van der Waals surface area contributed by atoms with Gasteiger partial charge < -0.3 is 10.1 Å². The van der Waals surface area contributed by atoms with Gasteiger partial charge in [-0.1, -0.05) is 25.1 Å². The van der Waals surface area contributed by atoms with E-state index in [9.17, 15) is 4.39 Å². The first-order chi connectivity index (χ1) is 9.20. The molecule has 1 atom stereocenters. The number of para-hydroxylation sites is 1. The van der Waals surface area contributed by atoms with Crippen LogP contribution in [0.5, 0.6) is 11.5 Å². The molecule has 0 spiro atoms. The van der Waals surface area contributed by atoms with Crippen molar-refractivity contribution in [3.63, 3.8) is 0 Å². The minimum absolute atomic E-state index is 0.210. The number of ether oxygens (including phenoxy) is 1. The molecule has 1 unspecified atom stereocenters. The van der Waals surface area contributed by atoms with Gasteiger partial charge in [-0.15, -0.1) is 0 Å². The van der Waals surface area contributed by atoms with Crippen LogP contribution >= 0.6 is 0 Å². The molecule has 19 heavy (non-hydrogen) atoms. The number of benzene rings is 2. The Balaban J connectivity index is 2.22. The van der Waals surface area contributed by atoms with Crippen molar-refractivity contribution in [2.75, 3.05) is 6.54 Å². The minimum Gasteiger partial charge on any atom is -0.457 e. The second kappa shape index (κ2) is 6.34. The van der Waals surface area contributed by atoms with Crippen LogP contribution in [-0.4, -0.2) is 6.54 Å². The number of rotatable bonds is 5. The van der Waals surface area contributed by atoms with E-state index in [4.69, 9.17) is 4.74 Å². The fourth-order valence-electron chi connectivity index (χ4n) is 1.98. The van der Waals surface area contributed by atoms with Crippen LogP contribution in [0.2, 0.25) is 0 Å². The number of halogens is 1. The molecule has 0 aliphatic heterocycles. The summed E-state index contributed by atoms with van der Waals surface area (Å²) in [6.45, 7) is 5.06. The zero-order valence-electron chi connectivity index (χ0n) is 11.2. The molecule has 0 aromatic heterocycles. The Kier molecular flexibility index (Phi) is 4.53. The summed E-state index contributed by atoms with van der Waals surface area (Å²) in [6.07, 6.45) is 0. The topological polar surface area (TPSA) is 21.3 Å². The van der Waals surface area contributed by atoms with Gasteiger partial charge in [-0.2, -0.15) is 0 Å². The molecular weight excluding hydrogens is 241 g/mol. The molecule has 0 fully saturated rings. The summed E-state index contributed by atoms with van der Waals surface area (Å²) in [7, 11) is 0. The lowest BCUT2D eigenvalue weighted by Gasteiger charge is -2.17. The van der Waals surface area contributed by atoms with Gasteiger partial charge in [0.05, 0.1) is 0 Å². The molecule has 0 aliphatic rings. The van der Waals surface area contributed by atoms with Crippen LogP contribution in [0, 0.1) is 5.82 Å². The Hall–Kier alpha value is -1.87. The highest BCUT2D eigenvalue weighted by molar-refractivity contribution is 5.39. The van der Waals surface area contributed by atoms with E-state index in [2.05, 4.69) is 19.2 Å². The molecule has 2 nitrogen and oxygen atoms in total. The molecule has 2 rings (SSSR count). The van der Waals surface area contributed by atoms with Crippen LogP contribution in [0.4, 0.5) is 4.39 Å². The van der Waals surface area contributed by atoms with Gasteiger partial charge in [-0.3, -0.25) is 0 Å². The van der Waals surface area contributed by atoms with Crippen molar-refractivity contribution in [1.82, 2.24) is 5.32 Å². The van der Waals surface area contributed by atoms with E-state index in [1.54, 1.807) is 12.1 Å². The summed E-state index contributed by atoms with van der Waals surface area (Å²) in [5, 5.41) is 3.36. The smallest absolute Gasteiger partial charge is 0.132 e. The van der Waals surface area contributed by atoms with E-state index in [0.29, 0.717) is 5.75 Å². The second-order valence-electron chi connectivity index (χ2n) is 4.37. The van der Waals surface area contributed by atoms with Crippen molar-refractivity contribution in [1.29, 1.82) is 0 Å². The average molecular weight is 259 g/mol. The van der Waals surface area contributed by atoms with Crippen molar-refractivity contribution in [3.8, 4) is 11.5 Å². The average Bonchev–Trinajstić information content (AvgIpc) is 2.42. The molecule has 0 saturated carbocycles. The summed E-state index contributed by atoms with van der Waals surface area (Å²) < 4.78 is 18.7. The zero-order valence-corrected chi connectivity index (χ0v) is 11.2. The maximum atomic E-state index is 12.9. The van der Waals surface area contributed by atoms with E-state index in [1.807, 2.05) is 24.3 Å². The summed E-state index contributed by atoms with van der Waals surface area (Å²) in [4.78, 5) is 0. The largest absolute Gasteiger partial charge is 0.457 e. The van der Waals surface area contributed by atoms with Gasteiger partial charge in [-0.05, 0) is 43.8 Å². The van der Waals surface area contributed by atoms with Gasteiger partial charge in [0, 0.05) is 11.6 Å². The van der Waals surface area contributed by atoms with Gasteiger partial charge in [0.15, 0.2) is 0 Å². The Bertz CT molecular complexity index is 525. The van der Waals surface area contributed by atoms with Crippen molar-refractivity contribution in [3.05, 3.63) is 59.9 Å². The fraction of sp³-hybridized carbons (Fsp3) is 0.250. The predicted molar refractivity (Wildman–Crippen MR) is 75.0 cm³/mol. The lowest BCUT2D eigenvalue weighted by atomic mass is 10.1. The Morgan fingerprint density at radius 1 is 1.11 bits per heavy atom. The van der Waals surface area contributed by atoms with Gasteiger partial charge in [0.25, 0.3) is 0 Å². The molecular formula is C16H18FNO. The molecule has 0 amide bonds. The molecule has 3 heteroatoms. The van der Waals surface area contributed by atoms with E-state index in [0.717, 1.165) is 17.9 Å². The highest BCUT2D eigenvalue weighted by Gasteiger charge is 2.10. The highest BCUT2D eigenvalue weighted by atomic mass is 19.1. The van der Waals surface area contributed by atoms with Gasteiger partial charge in [-0.25, -0.2) is 4.39 Å². The number of nitrogens with one attached hydrogen (secondary N) is 1. The first-order valence-electron chi connectivity index (χ1n) is 6.46. The predicted octanol–water partition coefficient (Wildman–Crippen LogP) is 4.29. The molecule has 0 radical (unpaired) electrons. The third kappa shape index (κ3) is 3.55. The van der Waals surface area contributed by atoms with Crippen molar-refractivity contribution in [2.24, 2.45) is 0 Å². The molecule has 0 bridgehead atoms. The molecule has 2 aromatic carbocycles. The normalized spacial score (nSPS) is 12.2. The minimum atomic E-state index is -0.262. The highest BCUT2D eigenvalue weighted by Crippen LogP contribution is 2.29. The quantitative estimate of drug-likeness (QED) is 0.865. The van der Waals surface area contributed by atoms with E-state index >= 15 is 0 Å². The van der Waals surface area contributed by atoms with Gasteiger partial charge in [0.1, 0.15) is 17.3 Å². The van der Waals surface area contributed by atoms with Crippen LogP contribution in [-0.2, 0) is 0 Å². The third-order valence-electron chi connectivity index (χ3n) is 2.94. The fourth-order valence-corrected chi connectivity index (χ4v) is 1.98. The van der Waals surface area contributed by atoms with Crippen molar-refractivity contribution in [2.45, 2.75) is 19.9 Å². The number of hydrogen-bond acceptors (Lipinski definition) is 2. The summed E-state index contributed by atoms with van der Waals surface area (Å²) >= 11 is 0. The molecule has 1 N–H and O–H groups in total. The number of hydrogen-bond donors (Lipinski definition) is 1. The summed E-state index contributed by atoms with van der Waals surface area (Å²) in [5.74, 6) is 1.17. The Morgan fingerprint density at radius 2 is 1.79 bits per heavy atom. The van der Waals surface area contributed by atoms with E-state index in [1.165, 1.54) is 12.1 Å². The van der Waals surface area contributed by atoms with E-state index in [-0.39, 0.29) is 11.9 Å². The van der Waals surface area contributed by atoms with Crippen LogP contribution in [0.25, 0.3) is 0 Å². The van der Waals surface area contributed by atoms with Gasteiger partial charge >= 0.3 is 0 Å². The zero-order chi connectivity index (χ0) is 13.7. The lowest BCUT2D eigenvalue weighted by Crippen LogP contribution is -2.18. The van der Waals surface area contributed by atoms with E-state index < -0.39 is 0 Å². The molecule has 100 valence electrons. The van der Waals surface area contributed by atoms with Crippen LogP contribution in [0.3, 0.4) is 0 Å². The summed E-state index contributed by atoms with van der Waals surface area (Å²) in [5.41, 5.74) is 1.09. The lowest BCUT2D eigenvalue weighted by molar-refractivity contribution is 0.461. The molecule has 0 heterocycles. The van der Waals surface area contributed by atoms with Crippen molar-refractivity contribution < 1.29 is 9.13 Å². The monoisotopic (exact) mass is 259 g/mol. The van der Waals surface area contributed by atoms with Gasteiger partial charge in [0.2, 0.25) is 0 Å². The maximum Gasteiger partial charge on any atom is 0.132 e. The standard InChI is InChI=1S/C16H18FNO/c1-3-18-12(2)15-6-4-5-7-16(15)19-14-10-8-13(17)9-11-14/h4-12,18H,3H2,1-2H3. The Labute approximate surface area is 113 Å². The molecule has 0 aliphatic carbocycles. The molecule has 2 aromatic rings. The first-order valence-corrected chi connectivity index (χ1v) is 6.46.